The van der Waals surface area contributed by atoms with Crippen molar-refractivity contribution in [3.8, 4) is 0 Å². The molecule has 68 valence electrons. The summed E-state index contributed by atoms with van der Waals surface area (Å²) in [6, 6.07) is 0.527. The lowest BCUT2D eigenvalue weighted by atomic mass is 10.3. The highest BCUT2D eigenvalue weighted by Crippen LogP contribution is 2.26. The van der Waals surface area contributed by atoms with Gasteiger partial charge >= 0.3 is 0 Å². The Kier molecular flexibility index (Phi) is 4.05. The Bertz CT molecular complexity index is 211. The molecule has 0 saturated heterocycles. The van der Waals surface area contributed by atoms with Crippen LogP contribution in [-0.4, -0.2) is 23.3 Å². The third-order valence-electron chi connectivity index (χ3n) is 1.86. The minimum Gasteiger partial charge on any atom is -0.316 e. The van der Waals surface area contributed by atoms with Gasteiger partial charge in [-0.15, -0.1) is 11.3 Å². The van der Waals surface area contributed by atoms with Crippen molar-refractivity contribution in [1.29, 1.82) is 0 Å². The van der Waals surface area contributed by atoms with Crippen LogP contribution < -0.4 is 5.32 Å². The Morgan fingerprint density at radius 3 is 2.83 bits per heavy atom. The molecule has 1 aromatic heterocycles. The van der Waals surface area contributed by atoms with Gasteiger partial charge in [0.25, 0.3) is 0 Å². The zero-order chi connectivity index (χ0) is 8.97. The smallest absolute Gasteiger partial charge is 0.150 e. The first-order chi connectivity index (χ1) is 5.74. The van der Waals surface area contributed by atoms with E-state index in [0.29, 0.717) is 11.3 Å². The van der Waals surface area contributed by atoms with Crippen molar-refractivity contribution in [2.45, 2.75) is 29.5 Å². The number of hydrogen-bond acceptors (Lipinski definition) is 4. The minimum atomic E-state index is 0.527. The molecular formula is C8H14N2S2. The quantitative estimate of drug-likeness (QED) is 0.758. The Labute approximate surface area is 81.8 Å². The summed E-state index contributed by atoms with van der Waals surface area (Å²) in [6.45, 7) is 4.40. The van der Waals surface area contributed by atoms with Gasteiger partial charge < -0.3 is 5.32 Å². The molecular weight excluding hydrogens is 188 g/mol. The normalized spacial score (nSPS) is 15.9. The van der Waals surface area contributed by atoms with Gasteiger partial charge in [0.2, 0.25) is 0 Å². The van der Waals surface area contributed by atoms with Gasteiger partial charge in [-0.25, -0.2) is 4.98 Å². The Morgan fingerprint density at radius 2 is 2.33 bits per heavy atom. The van der Waals surface area contributed by atoms with Crippen LogP contribution in [0.5, 0.6) is 0 Å². The third kappa shape index (κ3) is 2.77. The Hall–Kier alpha value is -0.0600. The van der Waals surface area contributed by atoms with Gasteiger partial charge in [0.15, 0.2) is 0 Å². The molecule has 1 rings (SSSR count). The van der Waals surface area contributed by atoms with Crippen LogP contribution in [0.2, 0.25) is 0 Å². The summed E-state index contributed by atoms with van der Waals surface area (Å²) >= 11 is 3.53. The van der Waals surface area contributed by atoms with E-state index in [4.69, 9.17) is 0 Å². The number of aromatic nitrogens is 1. The number of thiazole rings is 1. The van der Waals surface area contributed by atoms with Crippen molar-refractivity contribution in [3.63, 3.8) is 0 Å². The summed E-state index contributed by atoms with van der Waals surface area (Å²) in [7, 11) is 1.99. The van der Waals surface area contributed by atoms with Crippen LogP contribution in [0.15, 0.2) is 15.9 Å². The molecule has 4 heteroatoms. The van der Waals surface area contributed by atoms with E-state index < -0.39 is 0 Å². The van der Waals surface area contributed by atoms with Crippen LogP contribution in [0, 0.1) is 0 Å². The first kappa shape index (κ1) is 10.0. The van der Waals surface area contributed by atoms with Crippen molar-refractivity contribution >= 4 is 23.1 Å². The molecule has 0 fully saturated rings. The Morgan fingerprint density at radius 1 is 1.58 bits per heavy atom. The predicted molar refractivity (Wildman–Crippen MR) is 56.0 cm³/mol. The molecule has 1 N–H and O–H groups in total. The summed E-state index contributed by atoms with van der Waals surface area (Å²) in [5.41, 5.74) is 0. The van der Waals surface area contributed by atoms with Crippen molar-refractivity contribution in [2.75, 3.05) is 7.05 Å². The lowest BCUT2D eigenvalue weighted by Gasteiger charge is -2.16. The summed E-state index contributed by atoms with van der Waals surface area (Å²) in [5.74, 6) is 0. The molecule has 0 radical (unpaired) electrons. The van der Waals surface area contributed by atoms with Crippen molar-refractivity contribution in [1.82, 2.24) is 10.3 Å². The standard InChI is InChI=1S/C8H14N2S2/c1-6(9-3)7(2)12-8-10-4-5-11-8/h4-7,9H,1-3H3. The second kappa shape index (κ2) is 4.84. The minimum absolute atomic E-state index is 0.527. The molecule has 2 atom stereocenters. The predicted octanol–water partition coefficient (Wildman–Crippen LogP) is 2.23. The largest absolute Gasteiger partial charge is 0.316 e. The second-order valence-electron chi connectivity index (χ2n) is 2.70. The molecule has 0 aliphatic carbocycles. The number of hydrogen-bond donors (Lipinski definition) is 1. The molecule has 1 heterocycles. The fourth-order valence-electron chi connectivity index (χ4n) is 0.764. The molecule has 0 aliphatic rings. The molecule has 0 spiro atoms. The topological polar surface area (TPSA) is 24.9 Å². The SMILES string of the molecule is CNC(C)C(C)Sc1nccs1. The van der Waals surface area contributed by atoms with Crippen molar-refractivity contribution < 1.29 is 0 Å². The van der Waals surface area contributed by atoms with E-state index in [1.54, 1.807) is 11.3 Å². The first-order valence-electron chi connectivity index (χ1n) is 3.97. The molecule has 12 heavy (non-hydrogen) atoms. The molecule has 2 nitrogen and oxygen atoms in total. The van der Waals surface area contributed by atoms with Crippen molar-refractivity contribution in [3.05, 3.63) is 11.6 Å². The van der Waals surface area contributed by atoms with Crippen LogP contribution in [0.4, 0.5) is 0 Å². The molecule has 0 bridgehead atoms. The maximum Gasteiger partial charge on any atom is 0.150 e. The van der Waals surface area contributed by atoms with E-state index in [0.717, 1.165) is 4.34 Å². The van der Waals surface area contributed by atoms with Gasteiger partial charge in [0, 0.05) is 22.9 Å². The van der Waals surface area contributed by atoms with Crippen molar-refractivity contribution in [2.24, 2.45) is 0 Å². The van der Waals surface area contributed by atoms with Crippen LogP contribution in [0.25, 0.3) is 0 Å². The molecule has 0 aliphatic heterocycles. The van der Waals surface area contributed by atoms with E-state index in [1.807, 2.05) is 30.4 Å². The average Bonchev–Trinajstić information content (AvgIpc) is 2.55. The van der Waals surface area contributed by atoms with E-state index in [9.17, 15) is 0 Å². The van der Waals surface area contributed by atoms with Gasteiger partial charge in [-0.1, -0.05) is 18.7 Å². The highest BCUT2D eigenvalue weighted by atomic mass is 32.2. The number of nitrogens with zero attached hydrogens (tertiary/aromatic N) is 1. The fourth-order valence-corrected chi connectivity index (χ4v) is 2.75. The van der Waals surface area contributed by atoms with E-state index in [1.165, 1.54) is 0 Å². The monoisotopic (exact) mass is 202 g/mol. The first-order valence-corrected chi connectivity index (χ1v) is 5.73. The zero-order valence-corrected chi connectivity index (χ0v) is 9.21. The molecule has 0 amide bonds. The fraction of sp³-hybridized carbons (Fsp3) is 0.625. The summed E-state index contributed by atoms with van der Waals surface area (Å²) in [6.07, 6.45) is 1.85. The third-order valence-corrected chi connectivity index (χ3v) is 4.09. The maximum absolute atomic E-state index is 4.23. The summed E-state index contributed by atoms with van der Waals surface area (Å²) in [4.78, 5) is 4.23. The van der Waals surface area contributed by atoms with Gasteiger partial charge in [-0.05, 0) is 14.0 Å². The molecule has 1 aromatic rings. The molecule has 0 aromatic carbocycles. The van der Waals surface area contributed by atoms with Gasteiger partial charge in [-0.3, -0.25) is 0 Å². The average molecular weight is 202 g/mol. The molecule has 0 saturated carbocycles. The highest BCUT2D eigenvalue weighted by Gasteiger charge is 2.12. The van der Waals surface area contributed by atoms with Gasteiger partial charge in [0.1, 0.15) is 4.34 Å². The number of rotatable bonds is 4. The number of nitrogens with one attached hydrogen (secondary N) is 1. The van der Waals surface area contributed by atoms with E-state index >= 15 is 0 Å². The van der Waals surface area contributed by atoms with Crippen LogP contribution >= 0.6 is 23.1 Å². The summed E-state index contributed by atoms with van der Waals surface area (Å²) in [5, 5.41) is 5.82. The van der Waals surface area contributed by atoms with E-state index in [2.05, 4.69) is 24.1 Å². The van der Waals surface area contributed by atoms with Crippen LogP contribution in [0.3, 0.4) is 0 Å². The Balaban J connectivity index is 2.41. The van der Waals surface area contributed by atoms with Crippen LogP contribution in [0.1, 0.15) is 13.8 Å². The highest BCUT2D eigenvalue weighted by molar-refractivity contribution is 8.01. The number of thioether (sulfide) groups is 1. The second-order valence-corrected chi connectivity index (χ2v) is 5.22. The maximum atomic E-state index is 4.23. The van der Waals surface area contributed by atoms with Gasteiger partial charge in [0.05, 0.1) is 0 Å². The van der Waals surface area contributed by atoms with Crippen LogP contribution in [-0.2, 0) is 0 Å². The van der Waals surface area contributed by atoms with Gasteiger partial charge in [-0.2, -0.15) is 0 Å². The van der Waals surface area contributed by atoms with E-state index in [-0.39, 0.29) is 0 Å². The summed E-state index contributed by atoms with van der Waals surface area (Å²) < 4.78 is 1.16. The molecule has 2 unspecified atom stereocenters. The zero-order valence-electron chi connectivity index (χ0n) is 7.57. The lowest BCUT2D eigenvalue weighted by molar-refractivity contribution is 0.605. The lowest BCUT2D eigenvalue weighted by Crippen LogP contribution is -2.30.